The minimum absolute atomic E-state index is 0.000247. The van der Waals surface area contributed by atoms with E-state index in [1.54, 1.807) is 24.8 Å². The van der Waals surface area contributed by atoms with E-state index in [1.807, 2.05) is 48.5 Å². The number of amides is 1. The van der Waals surface area contributed by atoms with Gasteiger partial charge in [-0.15, -0.1) is 0 Å². The zero-order valence-electron chi connectivity index (χ0n) is 15.6. The summed E-state index contributed by atoms with van der Waals surface area (Å²) < 4.78 is 11.2. The number of anilines is 1. The molecule has 2 aliphatic heterocycles. The van der Waals surface area contributed by atoms with Crippen molar-refractivity contribution in [1.29, 1.82) is 0 Å². The molecule has 1 amide bonds. The number of nitrogens with one attached hydrogen (secondary N) is 1. The summed E-state index contributed by atoms with van der Waals surface area (Å²) in [5, 5.41) is 2.89. The van der Waals surface area contributed by atoms with Crippen molar-refractivity contribution in [2.75, 3.05) is 11.5 Å². The number of hydrogen-bond donors (Lipinski definition) is 1. The van der Waals surface area contributed by atoms with Gasteiger partial charge in [-0.2, -0.15) is 0 Å². The molecule has 6 nitrogen and oxygen atoms in total. The zero-order chi connectivity index (χ0) is 19.9. The van der Waals surface area contributed by atoms with Crippen molar-refractivity contribution in [3.8, 4) is 0 Å². The van der Waals surface area contributed by atoms with Crippen LogP contribution in [-0.4, -0.2) is 29.2 Å². The Morgan fingerprint density at radius 2 is 1.86 bits per heavy atom. The highest BCUT2D eigenvalue weighted by Crippen LogP contribution is 2.52. The molecule has 1 saturated heterocycles. The Labute approximate surface area is 168 Å². The van der Waals surface area contributed by atoms with Crippen molar-refractivity contribution in [3.63, 3.8) is 0 Å². The maximum atomic E-state index is 13.8. The highest BCUT2D eigenvalue weighted by atomic mass is 32.1. The normalized spacial score (nSPS) is 25.4. The molecule has 4 rings (SSSR count). The first-order valence-corrected chi connectivity index (χ1v) is 9.48. The number of para-hydroxylation sites is 1. The van der Waals surface area contributed by atoms with Crippen molar-refractivity contribution in [1.82, 2.24) is 5.32 Å². The molecule has 2 aromatic carbocycles. The van der Waals surface area contributed by atoms with Crippen molar-refractivity contribution < 1.29 is 19.1 Å². The Bertz CT molecular complexity index is 964. The van der Waals surface area contributed by atoms with Crippen LogP contribution in [0, 0.1) is 0 Å². The molecule has 2 heterocycles. The van der Waals surface area contributed by atoms with Crippen molar-refractivity contribution in [3.05, 3.63) is 65.7 Å². The first-order valence-electron chi connectivity index (χ1n) is 9.08. The highest BCUT2D eigenvalue weighted by Gasteiger charge is 2.72. The number of carbonyl (C=O) groups excluding carboxylic acids is 2. The molecule has 28 heavy (non-hydrogen) atoms. The number of hydrogen-bond acceptors (Lipinski definition) is 5. The van der Waals surface area contributed by atoms with E-state index < -0.39 is 17.1 Å². The average Bonchev–Trinajstić information content (AvgIpc) is 3.10. The number of thiocarbonyl (C=S) groups is 1. The number of rotatable bonds is 4. The van der Waals surface area contributed by atoms with Crippen molar-refractivity contribution in [2.45, 2.75) is 31.5 Å². The van der Waals surface area contributed by atoms with Gasteiger partial charge >= 0.3 is 5.97 Å². The van der Waals surface area contributed by atoms with Gasteiger partial charge in [0.1, 0.15) is 0 Å². The molecule has 0 aromatic heterocycles. The molecule has 1 spiro atoms. The van der Waals surface area contributed by atoms with E-state index in [0.29, 0.717) is 17.8 Å². The van der Waals surface area contributed by atoms with E-state index in [0.717, 1.165) is 5.56 Å². The Balaban J connectivity index is 1.86. The topological polar surface area (TPSA) is 67.9 Å². The maximum Gasteiger partial charge on any atom is 0.336 e. The third kappa shape index (κ3) is 2.43. The van der Waals surface area contributed by atoms with Crippen LogP contribution >= 0.6 is 12.2 Å². The second kappa shape index (κ2) is 6.60. The summed E-state index contributed by atoms with van der Waals surface area (Å²) in [7, 11) is 0. The van der Waals surface area contributed by atoms with E-state index in [-0.39, 0.29) is 17.7 Å². The van der Waals surface area contributed by atoms with Gasteiger partial charge in [-0.05, 0) is 37.7 Å². The molecule has 1 N–H and O–H groups in total. The van der Waals surface area contributed by atoms with E-state index in [1.165, 1.54) is 0 Å². The smallest absolute Gasteiger partial charge is 0.336 e. The SMILES string of the molecule is CCOC(=O)[C@@]1(C)NC(=S)O[C@@]12C(=O)N(Cc1ccccc1)c1ccccc12. The van der Waals surface area contributed by atoms with Crippen LogP contribution in [0.1, 0.15) is 25.0 Å². The lowest BCUT2D eigenvalue weighted by atomic mass is 9.77. The molecular formula is C21H20N2O4S. The summed E-state index contributed by atoms with van der Waals surface area (Å²) in [6, 6.07) is 17.0. The van der Waals surface area contributed by atoms with E-state index in [9.17, 15) is 9.59 Å². The molecule has 1 fully saturated rings. The van der Waals surface area contributed by atoms with Gasteiger partial charge in [-0.25, -0.2) is 4.79 Å². The second-order valence-corrected chi connectivity index (χ2v) is 7.31. The predicted octanol–water partition coefficient (Wildman–Crippen LogP) is 2.66. The van der Waals surface area contributed by atoms with Gasteiger partial charge in [0.2, 0.25) is 5.60 Å². The maximum absolute atomic E-state index is 13.8. The summed E-state index contributed by atoms with van der Waals surface area (Å²) in [6.07, 6.45) is 0. The van der Waals surface area contributed by atoms with E-state index in [4.69, 9.17) is 21.7 Å². The number of esters is 1. The van der Waals surface area contributed by atoms with Crippen LogP contribution in [0.4, 0.5) is 5.69 Å². The van der Waals surface area contributed by atoms with Gasteiger partial charge in [-0.3, -0.25) is 4.79 Å². The molecule has 2 aliphatic rings. The minimum atomic E-state index is -1.61. The molecular weight excluding hydrogens is 376 g/mol. The Kier molecular flexibility index (Phi) is 4.34. The Morgan fingerprint density at radius 1 is 1.18 bits per heavy atom. The average molecular weight is 396 g/mol. The quantitative estimate of drug-likeness (QED) is 0.633. The largest absolute Gasteiger partial charge is 0.464 e. The molecule has 0 radical (unpaired) electrons. The van der Waals surface area contributed by atoms with Crippen LogP contribution in [0.5, 0.6) is 0 Å². The lowest BCUT2D eigenvalue weighted by Crippen LogP contribution is -2.62. The van der Waals surface area contributed by atoms with Crippen LogP contribution < -0.4 is 10.2 Å². The lowest BCUT2D eigenvalue weighted by Gasteiger charge is -2.34. The van der Waals surface area contributed by atoms with Crippen molar-refractivity contribution in [2.24, 2.45) is 0 Å². The van der Waals surface area contributed by atoms with Crippen LogP contribution in [0.25, 0.3) is 0 Å². The molecule has 0 unspecified atom stereocenters. The molecule has 144 valence electrons. The van der Waals surface area contributed by atoms with Crippen molar-refractivity contribution >= 4 is 35.0 Å². The molecule has 0 bridgehead atoms. The molecule has 0 saturated carbocycles. The molecule has 2 atom stereocenters. The first-order chi connectivity index (χ1) is 13.4. The standard InChI is InChI=1S/C21H20N2O4S/c1-3-26-18(25)20(2)21(27-19(28)22-20)15-11-7-8-12-16(15)23(17(21)24)13-14-9-5-4-6-10-14/h4-12H,3,13H2,1-2H3,(H,22,28)/t20-,21+/m1/s1. The molecule has 0 aliphatic carbocycles. The van der Waals surface area contributed by atoms with Crippen LogP contribution in [0.15, 0.2) is 54.6 Å². The molecule has 2 aromatic rings. The fourth-order valence-electron chi connectivity index (χ4n) is 3.96. The van der Waals surface area contributed by atoms with Gasteiger partial charge in [0.05, 0.1) is 18.8 Å². The summed E-state index contributed by atoms with van der Waals surface area (Å²) in [5.74, 6) is -0.931. The highest BCUT2D eigenvalue weighted by molar-refractivity contribution is 7.80. The monoisotopic (exact) mass is 396 g/mol. The van der Waals surface area contributed by atoms with Crippen LogP contribution in [-0.2, 0) is 31.2 Å². The summed E-state index contributed by atoms with van der Waals surface area (Å²) in [4.78, 5) is 28.3. The van der Waals surface area contributed by atoms with Crippen LogP contribution in [0.3, 0.4) is 0 Å². The molecule has 7 heteroatoms. The number of fused-ring (bicyclic) bond motifs is 2. The fourth-order valence-corrected chi connectivity index (χ4v) is 4.28. The minimum Gasteiger partial charge on any atom is -0.464 e. The van der Waals surface area contributed by atoms with E-state index >= 15 is 0 Å². The number of benzene rings is 2. The summed E-state index contributed by atoms with van der Waals surface area (Å²) >= 11 is 5.22. The van der Waals surface area contributed by atoms with Gasteiger partial charge in [-0.1, -0.05) is 48.5 Å². The van der Waals surface area contributed by atoms with E-state index in [2.05, 4.69) is 5.32 Å². The summed E-state index contributed by atoms with van der Waals surface area (Å²) in [5.41, 5.74) is -0.827. The number of carbonyl (C=O) groups is 2. The van der Waals surface area contributed by atoms with Gasteiger partial charge in [0, 0.05) is 5.56 Å². The van der Waals surface area contributed by atoms with Crippen LogP contribution in [0.2, 0.25) is 0 Å². The summed E-state index contributed by atoms with van der Waals surface area (Å²) in [6.45, 7) is 3.86. The predicted molar refractivity (Wildman–Crippen MR) is 108 cm³/mol. The zero-order valence-corrected chi connectivity index (χ0v) is 16.4. The third-order valence-corrected chi connectivity index (χ3v) is 5.48. The third-order valence-electron chi connectivity index (χ3n) is 5.29. The fraction of sp³-hybridized carbons (Fsp3) is 0.286. The lowest BCUT2D eigenvalue weighted by molar-refractivity contribution is -0.162. The number of ether oxygens (including phenoxy) is 2. The first kappa shape index (κ1) is 18.4. The Morgan fingerprint density at radius 3 is 2.57 bits per heavy atom. The second-order valence-electron chi connectivity index (χ2n) is 6.94. The number of nitrogens with zero attached hydrogens (tertiary/aromatic N) is 1. The van der Waals surface area contributed by atoms with Gasteiger partial charge < -0.3 is 19.7 Å². The van der Waals surface area contributed by atoms with Gasteiger partial charge in [0.15, 0.2) is 5.54 Å². The Hall–Kier alpha value is -2.93. The van der Waals surface area contributed by atoms with Gasteiger partial charge in [0.25, 0.3) is 11.1 Å².